The number of nitrogen functional groups attached to an aromatic ring is 1. The minimum absolute atomic E-state index is 0.0920. The van der Waals surface area contributed by atoms with Gasteiger partial charge in [-0.1, -0.05) is 0 Å². The minimum Gasteiger partial charge on any atom is -0.478 e. The highest BCUT2D eigenvalue weighted by molar-refractivity contribution is 7.99. The summed E-state index contributed by atoms with van der Waals surface area (Å²) in [6.07, 6.45) is 0. The van der Waals surface area contributed by atoms with Gasteiger partial charge in [-0.05, 0) is 49.9 Å². The highest BCUT2D eigenvalue weighted by Crippen LogP contribution is 2.27. The van der Waals surface area contributed by atoms with Gasteiger partial charge in [-0.15, -0.1) is 0 Å². The van der Waals surface area contributed by atoms with Gasteiger partial charge < -0.3 is 10.8 Å². The molecule has 1 aromatic heterocycles. The number of nitrogens with two attached hydrogens (primary N) is 1. The molecular weight excluding hydrogens is 262 g/mol. The van der Waals surface area contributed by atoms with Gasteiger partial charge in [-0.3, -0.25) is 0 Å². The highest BCUT2D eigenvalue weighted by Gasteiger charge is 2.10. The first-order valence-electron chi connectivity index (χ1n) is 5.58. The standard InChI is InChI=1S/C13H13N3O2S/c1-7-5-8(2)16-13(15-7)19-9-3-4-11(14)10(6-9)12(17)18/h3-6H,14H2,1-2H3,(H,17,18). The van der Waals surface area contributed by atoms with Crippen LogP contribution in [0.2, 0.25) is 0 Å². The quantitative estimate of drug-likeness (QED) is 0.661. The molecule has 1 heterocycles. The molecule has 98 valence electrons. The van der Waals surface area contributed by atoms with Gasteiger partial charge in [0.05, 0.1) is 5.56 Å². The fourth-order valence-electron chi connectivity index (χ4n) is 1.63. The monoisotopic (exact) mass is 275 g/mol. The Bertz CT molecular complexity index is 624. The second-order valence-corrected chi connectivity index (χ2v) is 5.13. The molecule has 0 amide bonds. The van der Waals surface area contributed by atoms with Crippen molar-refractivity contribution >= 4 is 23.4 Å². The van der Waals surface area contributed by atoms with Crippen LogP contribution >= 0.6 is 11.8 Å². The van der Waals surface area contributed by atoms with E-state index in [1.807, 2.05) is 19.9 Å². The summed E-state index contributed by atoms with van der Waals surface area (Å²) in [4.78, 5) is 20.4. The third kappa shape index (κ3) is 3.23. The Kier molecular flexibility index (Phi) is 3.71. The first kappa shape index (κ1) is 13.4. The lowest BCUT2D eigenvalue weighted by Crippen LogP contribution is -2.02. The number of hydrogen-bond acceptors (Lipinski definition) is 5. The van der Waals surface area contributed by atoms with E-state index in [1.54, 1.807) is 12.1 Å². The summed E-state index contributed by atoms with van der Waals surface area (Å²) in [5, 5.41) is 9.62. The average molecular weight is 275 g/mol. The molecule has 3 N–H and O–H groups in total. The van der Waals surface area contributed by atoms with Crippen LogP contribution in [0.25, 0.3) is 0 Å². The first-order valence-corrected chi connectivity index (χ1v) is 6.40. The zero-order valence-corrected chi connectivity index (χ0v) is 11.4. The van der Waals surface area contributed by atoms with Crippen LogP contribution in [0.15, 0.2) is 34.3 Å². The number of rotatable bonds is 3. The van der Waals surface area contributed by atoms with Crippen LogP contribution < -0.4 is 5.73 Å². The normalized spacial score (nSPS) is 10.4. The molecule has 1 aromatic carbocycles. The van der Waals surface area contributed by atoms with Gasteiger partial charge in [0.1, 0.15) is 0 Å². The van der Waals surface area contributed by atoms with E-state index in [2.05, 4.69) is 9.97 Å². The molecule has 0 atom stereocenters. The van der Waals surface area contributed by atoms with E-state index in [0.29, 0.717) is 5.16 Å². The van der Waals surface area contributed by atoms with Gasteiger partial charge in [-0.25, -0.2) is 14.8 Å². The van der Waals surface area contributed by atoms with E-state index in [-0.39, 0.29) is 11.3 Å². The van der Waals surface area contributed by atoms with Gasteiger partial charge >= 0.3 is 5.97 Å². The number of benzene rings is 1. The van der Waals surface area contributed by atoms with Crippen molar-refractivity contribution in [1.82, 2.24) is 9.97 Å². The fraction of sp³-hybridized carbons (Fsp3) is 0.154. The minimum atomic E-state index is -1.04. The van der Waals surface area contributed by atoms with Crippen LogP contribution in [0.5, 0.6) is 0 Å². The number of carboxylic acid groups (broad SMARTS) is 1. The van der Waals surface area contributed by atoms with E-state index in [1.165, 1.54) is 17.8 Å². The lowest BCUT2D eigenvalue weighted by molar-refractivity contribution is 0.0698. The maximum Gasteiger partial charge on any atom is 0.337 e. The Morgan fingerprint density at radius 2 is 1.84 bits per heavy atom. The van der Waals surface area contributed by atoms with Gasteiger partial charge in [0.25, 0.3) is 0 Å². The largest absolute Gasteiger partial charge is 0.478 e. The molecule has 6 heteroatoms. The van der Waals surface area contributed by atoms with Crippen molar-refractivity contribution < 1.29 is 9.90 Å². The summed E-state index contributed by atoms with van der Waals surface area (Å²) in [5.41, 5.74) is 7.71. The molecule has 0 unspecified atom stereocenters. The molecule has 0 bridgehead atoms. The third-order valence-corrected chi connectivity index (χ3v) is 3.28. The smallest absolute Gasteiger partial charge is 0.337 e. The Morgan fingerprint density at radius 1 is 1.21 bits per heavy atom. The molecule has 2 aromatic rings. The summed E-state index contributed by atoms with van der Waals surface area (Å²) in [6, 6.07) is 6.75. The molecule has 2 rings (SSSR count). The average Bonchev–Trinajstić information content (AvgIpc) is 2.30. The molecule has 0 radical (unpaired) electrons. The Labute approximate surface area is 114 Å². The molecule has 0 aliphatic heterocycles. The number of nitrogens with zero attached hydrogens (tertiary/aromatic N) is 2. The molecule has 0 fully saturated rings. The van der Waals surface area contributed by atoms with Crippen LogP contribution in [0, 0.1) is 13.8 Å². The zero-order valence-electron chi connectivity index (χ0n) is 10.5. The number of carboxylic acids is 1. The van der Waals surface area contributed by atoms with Crippen LogP contribution in [-0.2, 0) is 0 Å². The van der Waals surface area contributed by atoms with E-state index in [4.69, 9.17) is 10.8 Å². The topological polar surface area (TPSA) is 89.1 Å². The van der Waals surface area contributed by atoms with Crippen molar-refractivity contribution in [3.8, 4) is 0 Å². The van der Waals surface area contributed by atoms with E-state index in [9.17, 15) is 4.79 Å². The first-order chi connectivity index (χ1) is 8.95. The Balaban J connectivity index is 2.33. The summed E-state index contributed by atoms with van der Waals surface area (Å²) >= 11 is 1.32. The van der Waals surface area contributed by atoms with Crippen LogP contribution in [0.4, 0.5) is 5.69 Å². The van der Waals surface area contributed by atoms with Crippen molar-refractivity contribution in [3.63, 3.8) is 0 Å². The molecule has 0 saturated carbocycles. The third-order valence-electron chi connectivity index (χ3n) is 2.43. The molecule has 5 nitrogen and oxygen atoms in total. The lowest BCUT2D eigenvalue weighted by atomic mass is 10.2. The molecule has 19 heavy (non-hydrogen) atoms. The summed E-state index contributed by atoms with van der Waals surface area (Å²) < 4.78 is 0. The number of aromatic nitrogens is 2. The molecule has 0 saturated heterocycles. The van der Waals surface area contributed by atoms with Crippen molar-refractivity contribution in [2.24, 2.45) is 0 Å². The predicted octanol–water partition coefficient (Wildman–Crippen LogP) is 2.53. The number of carbonyl (C=O) groups is 1. The summed E-state index contributed by atoms with van der Waals surface area (Å²) in [7, 11) is 0. The van der Waals surface area contributed by atoms with Crippen LogP contribution in [0.3, 0.4) is 0 Å². The van der Waals surface area contributed by atoms with Crippen LogP contribution in [0.1, 0.15) is 21.7 Å². The number of anilines is 1. The van der Waals surface area contributed by atoms with Crippen molar-refractivity contribution in [2.75, 3.05) is 5.73 Å². The number of aromatic carboxylic acids is 1. The maximum atomic E-state index is 11.0. The molecule has 0 aliphatic carbocycles. The Hall–Kier alpha value is -2.08. The van der Waals surface area contributed by atoms with Crippen molar-refractivity contribution in [1.29, 1.82) is 0 Å². The fourth-order valence-corrected chi connectivity index (χ4v) is 2.53. The molecule has 0 spiro atoms. The van der Waals surface area contributed by atoms with E-state index < -0.39 is 5.97 Å². The van der Waals surface area contributed by atoms with Crippen molar-refractivity contribution in [3.05, 3.63) is 41.2 Å². The maximum absolute atomic E-state index is 11.0. The van der Waals surface area contributed by atoms with Gasteiger partial charge in [-0.2, -0.15) is 0 Å². The van der Waals surface area contributed by atoms with E-state index >= 15 is 0 Å². The van der Waals surface area contributed by atoms with Crippen LogP contribution in [-0.4, -0.2) is 21.0 Å². The second kappa shape index (κ2) is 5.27. The lowest BCUT2D eigenvalue weighted by Gasteiger charge is -2.05. The zero-order chi connectivity index (χ0) is 14.0. The SMILES string of the molecule is Cc1cc(C)nc(Sc2ccc(N)c(C(=O)O)c2)n1. The highest BCUT2D eigenvalue weighted by atomic mass is 32.2. The Morgan fingerprint density at radius 3 is 2.42 bits per heavy atom. The second-order valence-electron chi connectivity index (χ2n) is 4.09. The van der Waals surface area contributed by atoms with E-state index in [0.717, 1.165) is 16.3 Å². The predicted molar refractivity (Wildman–Crippen MR) is 73.4 cm³/mol. The number of hydrogen-bond donors (Lipinski definition) is 2. The van der Waals surface area contributed by atoms with Crippen molar-refractivity contribution in [2.45, 2.75) is 23.9 Å². The number of aryl methyl sites for hydroxylation is 2. The van der Waals surface area contributed by atoms with Gasteiger partial charge in [0.2, 0.25) is 0 Å². The van der Waals surface area contributed by atoms with Gasteiger partial charge in [0, 0.05) is 22.0 Å². The molecular formula is C13H13N3O2S. The van der Waals surface area contributed by atoms with Gasteiger partial charge in [0.15, 0.2) is 5.16 Å². The summed E-state index contributed by atoms with van der Waals surface area (Å²) in [5.74, 6) is -1.04. The summed E-state index contributed by atoms with van der Waals surface area (Å²) in [6.45, 7) is 3.79. The molecule has 0 aliphatic rings.